The van der Waals surface area contributed by atoms with E-state index < -0.39 is 28.5 Å². The third-order valence-corrected chi connectivity index (χ3v) is 7.90. The number of benzene rings is 2. The van der Waals surface area contributed by atoms with Gasteiger partial charge < -0.3 is 14.2 Å². The van der Waals surface area contributed by atoms with E-state index >= 15 is 0 Å². The second-order valence-corrected chi connectivity index (χ2v) is 11.2. The van der Waals surface area contributed by atoms with E-state index in [1.165, 1.54) is 18.2 Å². The van der Waals surface area contributed by atoms with Crippen LogP contribution >= 0.6 is 11.8 Å². The maximum atomic E-state index is 13.9. The van der Waals surface area contributed by atoms with Crippen molar-refractivity contribution in [3.05, 3.63) is 56.5 Å². The minimum atomic E-state index is -4.69. The Hall–Kier alpha value is -3.14. The molecular formula is C29H32F3NO5S. The molecule has 2 aromatic rings. The summed E-state index contributed by atoms with van der Waals surface area (Å²) in [6, 6.07) is 3.56. The average Bonchev–Trinajstić information content (AvgIpc) is 3.19. The van der Waals surface area contributed by atoms with Crippen LogP contribution in [-0.4, -0.2) is 30.0 Å². The van der Waals surface area contributed by atoms with E-state index in [1.54, 1.807) is 0 Å². The number of rotatable bonds is 8. The van der Waals surface area contributed by atoms with E-state index in [0.717, 1.165) is 52.7 Å². The Balaban J connectivity index is 1.55. The Bertz CT molecular complexity index is 1340. The van der Waals surface area contributed by atoms with Crippen molar-refractivity contribution in [2.75, 3.05) is 13.2 Å². The molecule has 6 nitrogen and oxygen atoms in total. The zero-order valence-electron chi connectivity index (χ0n) is 22.6. The number of carbonyl (C=O) groups is 2. The molecule has 2 amide bonds. The number of hydrogen-bond acceptors (Lipinski definition) is 6. The molecule has 0 saturated carbocycles. The van der Waals surface area contributed by atoms with Crippen molar-refractivity contribution in [3.63, 3.8) is 0 Å². The van der Waals surface area contributed by atoms with Crippen molar-refractivity contribution in [3.8, 4) is 17.2 Å². The van der Waals surface area contributed by atoms with Gasteiger partial charge in [0.1, 0.15) is 29.5 Å². The van der Waals surface area contributed by atoms with Gasteiger partial charge in [0.05, 0.1) is 17.1 Å². The summed E-state index contributed by atoms with van der Waals surface area (Å²) in [5.41, 5.74) is 2.36. The molecule has 1 unspecified atom stereocenters. The smallest absolute Gasteiger partial charge is 0.419 e. The number of unbranched alkanes of at least 4 members (excludes halogenated alkanes) is 1. The Labute approximate surface area is 230 Å². The predicted octanol–water partition coefficient (Wildman–Crippen LogP) is 7.30. The van der Waals surface area contributed by atoms with E-state index in [-0.39, 0.29) is 22.8 Å². The summed E-state index contributed by atoms with van der Waals surface area (Å²) in [6.45, 7) is 10.5. The Morgan fingerprint density at radius 3 is 2.51 bits per heavy atom. The zero-order valence-corrected chi connectivity index (χ0v) is 23.5. The van der Waals surface area contributed by atoms with E-state index in [1.807, 2.05) is 27.7 Å². The number of thioether (sulfide) groups is 1. The average molecular weight is 564 g/mol. The molecule has 0 aliphatic carbocycles. The van der Waals surface area contributed by atoms with Crippen LogP contribution in [0.2, 0.25) is 0 Å². The number of alkyl halides is 3. The van der Waals surface area contributed by atoms with Crippen molar-refractivity contribution in [2.24, 2.45) is 0 Å². The van der Waals surface area contributed by atoms with E-state index in [2.05, 4.69) is 12.2 Å². The highest BCUT2D eigenvalue weighted by molar-refractivity contribution is 8.18. The topological polar surface area (TPSA) is 73.9 Å². The summed E-state index contributed by atoms with van der Waals surface area (Å²) in [6.07, 6.45) is -0.192. The highest BCUT2D eigenvalue weighted by Gasteiger charge is 2.38. The molecule has 39 heavy (non-hydrogen) atoms. The molecule has 0 bridgehead atoms. The number of halogens is 3. The fourth-order valence-electron chi connectivity index (χ4n) is 4.71. The van der Waals surface area contributed by atoms with Crippen LogP contribution in [0.3, 0.4) is 0 Å². The van der Waals surface area contributed by atoms with Crippen LogP contribution in [0.5, 0.6) is 17.2 Å². The third-order valence-electron chi connectivity index (χ3n) is 7.09. The fourth-order valence-corrected chi connectivity index (χ4v) is 5.39. The van der Waals surface area contributed by atoms with E-state index in [0.29, 0.717) is 31.2 Å². The Morgan fingerprint density at radius 1 is 1.13 bits per heavy atom. The molecule has 2 aliphatic rings. The van der Waals surface area contributed by atoms with Gasteiger partial charge in [0.15, 0.2) is 0 Å². The number of imide groups is 1. The molecule has 1 atom stereocenters. The van der Waals surface area contributed by atoms with Crippen LogP contribution in [0.25, 0.3) is 6.08 Å². The summed E-state index contributed by atoms with van der Waals surface area (Å²) < 4.78 is 60.1. The lowest BCUT2D eigenvalue weighted by Crippen LogP contribution is -2.42. The first-order chi connectivity index (χ1) is 18.3. The van der Waals surface area contributed by atoms with Crippen LogP contribution in [0.4, 0.5) is 18.0 Å². The molecule has 210 valence electrons. The Kier molecular flexibility index (Phi) is 8.25. The number of fused-ring (bicyclic) bond motifs is 1. The van der Waals surface area contributed by atoms with Crippen LogP contribution < -0.4 is 19.5 Å². The maximum absolute atomic E-state index is 13.9. The highest BCUT2D eigenvalue weighted by Crippen LogP contribution is 2.44. The zero-order chi connectivity index (χ0) is 28.5. The molecule has 0 spiro atoms. The predicted molar refractivity (Wildman–Crippen MR) is 144 cm³/mol. The molecule has 4 rings (SSSR count). The Morgan fingerprint density at radius 2 is 1.87 bits per heavy atom. The van der Waals surface area contributed by atoms with Crippen molar-refractivity contribution >= 4 is 29.0 Å². The lowest BCUT2D eigenvalue weighted by Gasteiger charge is -2.38. The summed E-state index contributed by atoms with van der Waals surface area (Å²) in [7, 11) is 0. The molecule has 2 aliphatic heterocycles. The van der Waals surface area contributed by atoms with Gasteiger partial charge in [-0.2, -0.15) is 13.2 Å². The molecule has 1 fully saturated rings. The summed E-state index contributed by atoms with van der Waals surface area (Å²) in [4.78, 5) is 23.2. The SMILES string of the molecule is CCCCOc1c(C)c(C)c2c(c1C)CCC(C)(COc1ccc(/C=C3/SC(=O)NC3=O)cc1C(F)(F)F)O2. The second-order valence-electron chi connectivity index (χ2n) is 10.2. The molecule has 10 heteroatoms. The standard InChI is InChI=1S/C29H32F3NO5S/c1-6-7-12-36-24-16(2)17(3)25-20(18(24)4)10-11-28(5,38-25)15-37-22-9-8-19(13-21(22)29(30,31)32)14-23-26(34)33-27(35)39-23/h8-9,13-14H,6-7,10-12,15H2,1-5H3,(H,33,34,35)/b23-14+. The van der Waals surface area contributed by atoms with Gasteiger partial charge in [-0.25, -0.2) is 0 Å². The molecule has 2 aromatic carbocycles. The van der Waals surface area contributed by atoms with E-state index in [9.17, 15) is 22.8 Å². The van der Waals surface area contributed by atoms with Gasteiger partial charge in [-0.1, -0.05) is 19.4 Å². The van der Waals surface area contributed by atoms with Crippen LogP contribution in [0, 0.1) is 20.8 Å². The number of carbonyl (C=O) groups excluding carboxylic acids is 2. The number of hydrogen-bond donors (Lipinski definition) is 1. The first-order valence-electron chi connectivity index (χ1n) is 12.9. The van der Waals surface area contributed by atoms with Crippen LogP contribution in [-0.2, 0) is 17.4 Å². The molecule has 1 saturated heterocycles. The van der Waals surface area contributed by atoms with Gasteiger partial charge >= 0.3 is 6.18 Å². The van der Waals surface area contributed by atoms with Crippen LogP contribution in [0.1, 0.15) is 66.5 Å². The van der Waals surface area contributed by atoms with Gasteiger partial charge in [-0.15, -0.1) is 0 Å². The third kappa shape index (κ3) is 6.21. The van der Waals surface area contributed by atoms with E-state index in [4.69, 9.17) is 14.2 Å². The first-order valence-corrected chi connectivity index (χ1v) is 13.7. The van der Waals surface area contributed by atoms with Gasteiger partial charge in [-0.3, -0.25) is 14.9 Å². The normalized spacial score (nSPS) is 20.1. The molecule has 0 radical (unpaired) electrons. The van der Waals surface area contributed by atoms with Gasteiger partial charge in [0, 0.05) is 5.56 Å². The molecule has 1 N–H and O–H groups in total. The van der Waals surface area contributed by atoms with Crippen molar-refractivity contribution < 1.29 is 37.0 Å². The summed E-state index contributed by atoms with van der Waals surface area (Å²) in [5, 5.41) is 1.52. The highest BCUT2D eigenvalue weighted by atomic mass is 32.2. The molecular weight excluding hydrogens is 531 g/mol. The van der Waals surface area contributed by atoms with Gasteiger partial charge in [-0.05, 0) is 99.2 Å². The first kappa shape index (κ1) is 28.9. The summed E-state index contributed by atoms with van der Waals surface area (Å²) in [5.74, 6) is 0.654. The minimum Gasteiger partial charge on any atom is -0.493 e. The van der Waals surface area contributed by atoms with Crippen molar-refractivity contribution in [1.82, 2.24) is 5.32 Å². The molecule has 0 aromatic heterocycles. The fraction of sp³-hybridized carbons (Fsp3) is 0.448. The van der Waals surface area contributed by atoms with Gasteiger partial charge in [0.25, 0.3) is 11.1 Å². The minimum absolute atomic E-state index is 0.0310. The lowest BCUT2D eigenvalue weighted by atomic mass is 9.87. The molecule has 2 heterocycles. The van der Waals surface area contributed by atoms with Crippen molar-refractivity contribution in [2.45, 2.75) is 72.1 Å². The quantitative estimate of drug-likeness (QED) is 0.269. The largest absolute Gasteiger partial charge is 0.493 e. The number of nitrogens with one attached hydrogen (secondary N) is 1. The van der Waals surface area contributed by atoms with Crippen molar-refractivity contribution in [1.29, 1.82) is 0 Å². The maximum Gasteiger partial charge on any atom is 0.419 e. The second kappa shape index (κ2) is 11.2. The number of ether oxygens (including phenoxy) is 3. The lowest BCUT2D eigenvalue weighted by molar-refractivity contribution is -0.139. The monoisotopic (exact) mass is 563 g/mol. The summed E-state index contributed by atoms with van der Waals surface area (Å²) >= 11 is 0.642. The number of amides is 2. The van der Waals surface area contributed by atoms with Crippen LogP contribution in [0.15, 0.2) is 23.1 Å². The van der Waals surface area contributed by atoms with Gasteiger partial charge in [0.2, 0.25) is 0 Å².